The highest BCUT2D eigenvalue weighted by Crippen LogP contribution is 2.13. The lowest BCUT2D eigenvalue weighted by Gasteiger charge is -2.17. The van der Waals surface area contributed by atoms with E-state index in [0.717, 1.165) is 9.26 Å². The molecule has 16 heavy (non-hydrogen) atoms. The molecule has 0 radical (unpaired) electrons. The van der Waals surface area contributed by atoms with E-state index in [-0.39, 0.29) is 18.3 Å². The molecular formula is C10H15ClIN3O. The molecule has 0 unspecified atom stereocenters. The number of aromatic nitrogens is 1. The number of nitrogens with one attached hydrogen (secondary N) is 1. The number of carbonyl (C=O) groups is 1. The fourth-order valence-electron chi connectivity index (χ4n) is 0.891. The molecule has 0 aromatic carbocycles. The Morgan fingerprint density at radius 2 is 2.06 bits per heavy atom. The van der Waals surface area contributed by atoms with E-state index in [1.165, 1.54) is 0 Å². The van der Waals surface area contributed by atoms with Crippen LogP contribution in [0.25, 0.3) is 0 Å². The molecule has 0 aliphatic rings. The van der Waals surface area contributed by atoms with Gasteiger partial charge < -0.3 is 11.1 Å². The van der Waals surface area contributed by atoms with Gasteiger partial charge in [-0.25, -0.2) is 4.98 Å². The van der Waals surface area contributed by atoms with Gasteiger partial charge in [0.1, 0.15) is 5.82 Å². The molecule has 0 saturated carbocycles. The van der Waals surface area contributed by atoms with E-state index in [2.05, 4.69) is 32.9 Å². The number of carbonyl (C=O) groups excluding carboxylic acids is 1. The molecule has 0 aliphatic heterocycles. The lowest BCUT2D eigenvalue weighted by molar-refractivity contribution is -0.120. The minimum absolute atomic E-state index is 0. The van der Waals surface area contributed by atoms with E-state index >= 15 is 0 Å². The van der Waals surface area contributed by atoms with Crippen molar-refractivity contribution in [2.75, 3.05) is 5.32 Å². The van der Waals surface area contributed by atoms with Crippen molar-refractivity contribution in [2.45, 2.75) is 26.3 Å². The second kappa shape index (κ2) is 5.79. The summed E-state index contributed by atoms with van der Waals surface area (Å²) in [6, 6.07) is 3.67. The van der Waals surface area contributed by atoms with Crippen LogP contribution in [0.3, 0.4) is 0 Å². The number of aryl methyl sites for hydroxylation is 1. The van der Waals surface area contributed by atoms with Crippen molar-refractivity contribution in [1.82, 2.24) is 4.98 Å². The summed E-state index contributed by atoms with van der Waals surface area (Å²) in [5.41, 5.74) is 5.66. The third-order valence-corrected chi connectivity index (χ3v) is 2.99. The van der Waals surface area contributed by atoms with Gasteiger partial charge in [0.25, 0.3) is 0 Å². The van der Waals surface area contributed by atoms with E-state index in [0.29, 0.717) is 5.82 Å². The van der Waals surface area contributed by atoms with E-state index < -0.39 is 5.54 Å². The molecule has 90 valence electrons. The Morgan fingerprint density at radius 3 is 2.50 bits per heavy atom. The Hall–Kier alpha value is -0.400. The molecule has 1 rings (SSSR count). The number of hydrogen-bond donors (Lipinski definition) is 2. The van der Waals surface area contributed by atoms with Crippen LogP contribution in [0, 0.1) is 10.5 Å². The third-order valence-electron chi connectivity index (χ3n) is 1.85. The van der Waals surface area contributed by atoms with Crippen molar-refractivity contribution in [3.63, 3.8) is 0 Å². The first-order valence-electron chi connectivity index (χ1n) is 4.54. The fourth-order valence-corrected chi connectivity index (χ4v) is 1.19. The van der Waals surface area contributed by atoms with Crippen LogP contribution in [0.1, 0.15) is 19.5 Å². The molecule has 0 bridgehead atoms. The summed E-state index contributed by atoms with van der Waals surface area (Å²) in [6.07, 6.45) is 0. The largest absolute Gasteiger partial charge is 0.318 e. The number of nitrogens with two attached hydrogens (primary N) is 1. The molecule has 0 saturated heterocycles. The number of hydrogen-bond acceptors (Lipinski definition) is 3. The first kappa shape index (κ1) is 15.6. The Labute approximate surface area is 115 Å². The maximum Gasteiger partial charge on any atom is 0.245 e. The second-order valence-electron chi connectivity index (χ2n) is 3.94. The molecule has 1 amide bonds. The SMILES string of the molecule is Cc1nc(NC(=O)C(C)(C)N)ccc1I.Cl. The van der Waals surface area contributed by atoms with Gasteiger partial charge in [0.15, 0.2) is 0 Å². The Kier molecular flexibility index (Phi) is 5.64. The van der Waals surface area contributed by atoms with E-state index in [9.17, 15) is 4.79 Å². The maximum atomic E-state index is 11.6. The van der Waals surface area contributed by atoms with Gasteiger partial charge in [-0.3, -0.25) is 4.79 Å². The molecular weight excluding hydrogens is 340 g/mol. The normalized spacial score (nSPS) is 10.6. The molecule has 0 fully saturated rings. The first-order valence-corrected chi connectivity index (χ1v) is 5.62. The number of anilines is 1. The minimum atomic E-state index is -0.890. The molecule has 0 aliphatic carbocycles. The average molecular weight is 356 g/mol. The zero-order chi connectivity index (χ0) is 11.6. The highest BCUT2D eigenvalue weighted by molar-refractivity contribution is 14.1. The van der Waals surface area contributed by atoms with Crippen molar-refractivity contribution in [1.29, 1.82) is 0 Å². The van der Waals surface area contributed by atoms with Gasteiger partial charge in [-0.2, -0.15) is 0 Å². The summed E-state index contributed by atoms with van der Waals surface area (Å²) >= 11 is 2.19. The number of rotatable bonds is 2. The highest BCUT2D eigenvalue weighted by atomic mass is 127. The van der Waals surface area contributed by atoms with Crippen molar-refractivity contribution < 1.29 is 4.79 Å². The molecule has 1 aromatic rings. The van der Waals surface area contributed by atoms with Crippen LogP contribution in [-0.4, -0.2) is 16.4 Å². The van der Waals surface area contributed by atoms with Gasteiger partial charge in [-0.15, -0.1) is 12.4 Å². The molecule has 0 atom stereocenters. The summed E-state index contributed by atoms with van der Waals surface area (Å²) in [6.45, 7) is 5.20. The first-order chi connectivity index (χ1) is 6.80. The van der Waals surface area contributed by atoms with Gasteiger partial charge in [0.05, 0.1) is 11.2 Å². The summed E-state index contributed by atoms with van der Waals surface area (Å²) in [5.74, 6) is 0.298. The van der Waals surface area contributed by atoms with Crippen LogP contribution in [0.15, 0.2) is 12.1 Å². The summed E-state index contributed by atoms with van der Waals surface area (Å²) in [4.78, 5) is 15.8. The molecule has 1 aromatic heterocycles. The second-order valence-corrected chi connectivity index (χ2v) is 5.10. The number of nitrogens with zero attached hydrogens (tertiary/aromatic N) is 1. The van der Waals surface area contributed by atoms with E-state index in [4.69, 9.17) is 5.73 Å². The Balaban J connectivity index is 0.00000225. The lowest BCUT2D eigenvalue weighted by Crippen LogP contribution is -2.45. The Bertz CT molecular complexity index is 390. The van der Waals surface area contributed by atoms with Crippen molar-refractivity contribution in [3.8, 4) is 0 Å². The van der Waals surface area contributed by atoms with Crippen LogP contribution in [0.5, 0.6) is 0 Å². The van der Waals surface area contributed by atoms with Gasteiger partial charge >= 0.3 is 0 Å². The van der Waals surface area contributed by atoms with Crippen molar-refractivity contribution in [2.24, 2.45) is 5.73 Å². The zero-order valence-corrected chi connectivity index (χ0v) is 12.3. The standard InChI is InChI=1S/C10H14IN3O.ClH/c1-6-7(11)4-5-8(13-6)14-9(15)10(2,3)12;/h4-5H,12H2,1-3H3,(H,13,14,15);1H. The van der Waals surface area contributed by atoms with Gasteiger partial charge in [0.2, 0.25) is 5.91 Å². The van der Waals surface area contributed by atoms with E-state index in [1.54, 1.807) is 19.9 Å². The topological polar surface area (TPSA) is 68.0 Å². The summed E-state index contributed by atoms with van der Waals surface area (Å²) in [5, 5.41) is 2.67. The summed E-state index contributed by atoms with van der Waals surface area (Å²) < 4.78 is 1.07. The quantitative estimate of drug-likeness (QED) is 0.798. The smallest absolute Gasteiger partial charge is 0.245 e. The minimum Gasteiger partial charge on any atom is -0.318 e. The number of amides is 1. The molecule has 4 nitrogen and oxygen atoms in total. The predicted molar refractivity (Wildman–Crippen MR) is 75.8 cm³/mol. The van der Waals surface area contributed by atoms with Gasteiger partial charge in [-0.05, 0) is 55.5 Å². The van der Waals surface area contributed by atoms with Crippen LogP contribution in [-0.2, 0) is 4.79 Å². The van der Waals surface area contributed by atoms with Gasteiger partial charge in [0, 0.05) is 3.57 Å². The van der Waals surface area contributed by atoms with E-state index in [1.807, 2.05) is 13.0 Å². The zero-order valence-electron chi connectivity index (χ0n) is 9.37. The fraction of sp³-hybridized carbons (Fsp3) is 0.400. The Morgan fingerprint density at radius 1 is 1.50 bits per heavy atom. The highest BCUT2D eigenvalue weighted by Gasteiger charge is 2.22. The van der Waals surface area contributed by atoms with Crippen molar-refractivity contribution >= 4 is 46.7 Å². The monoisotopic (exact) mass is 355 g/mol. The van der Waals surface area contributed by atoms with Crippen LogP contribution >= 0.6 is 35.0 Å². The lowest BCUT2D eigenvalue weighted by atomic mass is 10.1. The number of pyridine rings is 1. The maximum absolute atomic E-state index is 11.6. The molecule has 3 N–H and O–H groups in total. The number of halogens is 2. The van der Waals surface area contributed by atoms with Crippen LogP contribution in [0.2, 0.25) is 0 Å². The van der Waals surface area contributed by atoms with Crippen LogP contribution < -0.4 is 11.1 Å². The molecule has 6 heteroatoms. The third kappa shape index (κ3) is 4.23. The van der Waals surface area contributed by atoms with Gasteiger partial charge in [-0.1, -0.05) is 0 Å². The predicted octanol–water partition coefficient (Wildman–Crippen LogP) is 2.09. The summed E-state index contributed by atoms with van der Waals surface area (Å²) in [7, 11) is 0. The molecule has 0 spiro atoms. The van der Waals surface area contributed by atoms with Crippen molar-refractivity contribution in [3.05, 3.63) is 21.4 Å². The molecule has 1 heterocycles. The van der Waals surface area contributed by atoms with Crippen LogP contribution in [0.4, 0.5) is 5.82 Å². The average Bonchev–Trinajstić information content (AvgIpc) is 2.10.